The number of halogens is 1. The van der Waals surface area contributed by atoms with Crippen LogP contribution in [0.25, 0.3) is 0 Å². The van der Waals surface area contributed by atoms with E-state index < -0.39 is 0 Å². The predicted octanol–water partition coefficient (Wildman–Crippen LogP) is 3.86. The normalized spacial score (nSPS) is 20.8. The van der Waals surface area contributed by atoms with Crippen molar-refractivity contribution in [2.24, 2.45) is 0 Å². The van der Waals surface area contributed by atoms with E-state index in [-0.39, 0.29) is 11.9 Å². The zero-order valence-electron chi connectivity index (χ0n) is 12.9. The Balaban J connectivity index is 1.75. The molecule has 3 rings (SSSR count). The highest BCUT2D eigenvalue weighted by atomic mass is 35.5. The molecule has 2 heterocycles. The number of benzene rings is 1. The molecule has 1 aliphatic rings. The first kappa shape index (κ1) is 15.1. The molecule has 2 atom stereocenters. The van der Waals surface area contributed by atoms with Gasteiger partial charge in [0.15, 0.2) is 0 Å². The van der Waals surface area contributed by atoms with E-state index in [9.17, 15) is 4.79 Å². The third-order valence-corrected chi connectivity index (χ3v) is 4.64. The molecule has 0 N–H and O–H groups in total. The molecule has 0 unspecified atom stereocenters. The van der Waals surface area contributed by atoms with Crippen LogP contribution in [-0.4, -0.2) is 21.7 Å². The van der Waals surface area contributed by atoms with Gasteiger partial charge in [-0.05, 0) is 38.3 Å². The number of nitrogens with zero attached hydrogens (tertiary/aromatic N) is 3. The van der Waals surface area contributed by atoms with Gasteiger partial charge in [-0.2, -0.15) is 5.10 Å². The van der Waals surface area contributed by atoms with Gasteiger partial charge >= 0.3 is 0 Å². The Morgan fingerprint density at radius 1 is 1.27 bits per heavy atom. The molecular formula is C17H20ClN3O. The predicted molar refractivity (Wildman–Crippen MR) is 88.3 cm³/mol. The number of hydrogen-bond acceptors (Lipinski definition) is 2. The van der Waals surface area contributed by atoms with Gasteiger partial charge in [0.05, 0.1) is 12.2 Å². The highest BCUT2D eigenvalue weighted by Crippen LogP contribution is 2.32. The molecule has 1 amide bonds. The van der Waals surface area contributed by atoms with Gasteiger partial charge < -0.3 is 0 Å². The zero-order chi connectivity index (χ0) is 15.7. The molecule has 5 heteroatoms. The third-order valence-electron chi connectivity index (χ3n) is 4.27. The van der Waals surface area contributed by atoms with Crippen molar-refractivity contribution in [1.29, 1.82) is 0 Å². The molecule has 4 nitrogen and oxygen atoms in total. The number of rotatable bonds is 3. The highest BCUT2D eigenvalue weighted by Gasteiger charge is 2.31. The lowest BCUT2D eigenvalue weighted by molar-refractivity contribution is -0.119. The van der Waals surface area contributed by atoms with Crippen LogP contribution in [0, 0.1) is 0 Å². The second-order valence-electron chi connectivity index (χ2n) is 5.92. The van der Waals surface area contributed by atoms with Crippen molar-refractivity contribution in [3.05, 3.63) is 47.1 Å². The van der Waals surface area contributed by atoms with Crippen LogP contribution in [0.4, 0.5) is 5.82 Å². The van der Waals surface area contributed by atoms with E-state index in [1.807, 2.05) is 39.9 Å². The maximum absolute atomic E-state index is 12.7. The summed E-state index contributed by atoms with van der Waals surface area (Å²) < 4.78 is 1.94. The van der Waals surface area contributed by atoms with Crippen molar-refractivity contribution in [1.82, 2.24) is 9.78 Å². The van der Waals surface area contributed by atoms with Gasteiger partial charge in [0.2, 0.25) is 5.91 Å². The topological polar surface area (TPSA) is 38.1 Å². The summed E-state index contributed by atoms with van der Waals surface area (Å²) in [6.07, 6.45) is 3.80. The van der Waals surface area contributed by atoms with Crippen molar-refractivity contribution in [3.8, 4) is 0 Å². The fraction of sp³-hybridized carbons (Fsp3) is 0.412. The second-order valence-corrected chi connectivity index (χ2v) is 6.33. The molecular weight excluding hydrogens is 298 g/mol. The monoisotopic (exact) mass is 317 g/mol. The van der Waals surface area contributed by atoms with Crippen LogP contribution in [0.5, 0.6) is 0 Å². The van der Waals surface area contributed by atoms with Gasteiger partial charge in [-0.3, -0.25) is 9.69 Å². The van der Waals surface area contributed by atoms with Crippen LogP contribution >= 0.6 is 11.6 Å². The quantitative estimate of drug-likeness (QED) is 0.862. The molecule has 0 radical (unpaired) electrons. The number of aromatic nitrogens is 2. The van der Waals surface area contributed by atoms with Crippen LogP contribution in [0.1, 0.15) is 38.3 Å². The summed E-state index contributed by atoms with van der Waals surface area (Å²) in [7, 11) is 0. The number of carbonyl (C=O) groups is 1. The Labute approximate surface area is 135 Å². The lowest BCUT2D eigenvalue weighted by atomic mass is 10.0. The number of fused-ring (bicyclic) bond motifs is 1. The maximum Gasteiger partial charge on any atom is 0.228 e. The molecule has 0 saturated carbocycles. The molecule has 0 spiro atoms. The van der Waals surface area contributed by atoms with Gasteiger partial charge in [-0.25, -0.2) is 4.68 Å². The van der Waals surface area contributed by atoms with E-state index in [2.05, 4.69) is 18.9 Å². The number of amides is 1. The van der Waals surface area contributed by atoms with E-state index in [4.69, 9.17) is 11.6 Å². The van der Waals surface area contributed by atoms with Crippen LogP contribution in [0.3, 0.4) is 0 Å². The van der Waals surface area contributed by atoms with Crippen molar-refractivity contribution in [2.45, 2.75) is 45.2 Å². The summed E-state index contributed by atoms with van der Waals surface area (Å²) in [5.41, 5.74) is 1.02. The first-order chi connectivity index (χ1) is 10.6. The highest BCUT2D eigenvalue weighted by molar-refractivity contribution is 6.31. The fourth-order valence-electron chi connectivity index (χ4n) is 3.20. The molecule has 1 aromatic heterocycles. The lowest BCUT2D eigenvalue weighted by Gasteiger charge is -2.37. The molecule has 0 fully saturated rings. The number of aryl methyl sites for hydroxylation is 1. The molecule has 116 valence electrons. The lowest BCUT2D eigenvalue weighted by Crippen LogP contribution is -2.45. The Morgan fingerprint density at radius 3 is 2.82 bits per heavy atom. The van der Waals surface area contributed by atoms with Crippen LogP contribution in [0.2, 0.25) is 5.02 Å². The summed E-state index contributed by atoms with van der Waals surface area (Å²) in [5.74, 6) is 1.02. The number of anilines is 1. The second kappa shape index (κ2) is 6.13. The third kappa shape index (κ3) is 2.75. The van der Waals surface area contributed by atoms with Crippen molar-refractivity contribution in [2.75, 3.05) is 4.90 Å². The Kier molecular flexibility index (Phi) is 4.21. The minimum atomic E-state index is 0.126. The first-order valence-corrected chi connectivity index (χ1v) is 8.04. The largest absolute Gasteiger partial charge is 0.294 e. The Bertz CT molecular complexity index is 682. The minimum absolute atomic E-state index is 0.126. The SMILES string of the molecule is C[C@@H]1C[C@@H](C)n2nccc2N1C(=O)CCc1ccccc1Cl. The van der Waals surface area contributed by atoms with Gasteiger partial charge in [0.25, 0.3) is 0 Å². The van der Waals surface area contributed by atoms with Crippen LogP contribution < -0.4 is 4.90 Å². The zero-order valence-corrected chi connectivity index (χ0v) is 13.6. The van der Waals surface area contributed by atoms with E-state index in [0.717, 1.165) is 22.8 Å². The van der Waals surface area contributed by atoms with E-state index in [0.29, 0.717) is 18.9 Å². The van der Waals surface area contributed by atoms with Crippen LogP contribution in [0.15, 0.2) is 36.5 Å². The standard InChI is InChI=1S/C17H20ClN3O/c1-12-11-13(2)21-16(9-10-19-21)20(12)17(22)8-7-14-5-3-4-6-15(14)18/h3-6,9-10,12-13H,7-8,11H2,1-2H3/t12-,13-/m1/s1. The fourth-order valence-corrected chi connectivity index (χ4v) is 3.43. The average molecular weight is 318 g/mol. The summed E-state index contributed by atoms with van der Waals surface area (Å²) >= 11 is 6.17. The van der Waals surface area contributed by atoms with Crippen molar-refractivity contribution < 1.29 is 4.79 Å². The molecule has 22 heavy (non-hydrogen) atoms. The smallest absolute Gasteiger partial charge is 0.228 e. The molecule has 1 aromatic carbocycles. The summed E-state index contributed by atoms with van der Waals surface area (Å²) in [6.45, 7) is 4.24. The molecule has 1 aliphatic heterocycles. The van der Waals surface area contributed by atoms with Crippen molar-refractivity contribution >= 4 is 23.3 Å². The number of hydrogen-bond donors (Lipinski definition) is 0. The van der Waals surface area contributed by atoms with Crippen LogP contribution in [-0.2, 0) is 11.2 Å². The summed E-state index contributed by atoms with van der Waals surface area (Å²) in [5, 5.41) is 5.06. The van der Waals surface area contributed by atoms with Crippen molar-refractivity contribution in [3.63, 3.8) is 0 Å². The van der Waals surface area contributed by atoms with Gasteiger partial charge in [0.1, 0.15) is 5.82 Å². The van der Waals surface area contributed by atoms with Gasteiger partial charge in [-0.1, -0.05) is 29.8 Å². The molecule has 2 aromatic rings. The van der Waals surface area contributed by atoms with E-state index >= 15 is 0 Å². The van der Waals surface area contributed by atoms with Gasteiger partial charge in [-0.15, -0.1) is 0 Å². The average Bonchev–Trinajstić information content (AvgIpc) is 2.96. The Morgan fingerprint density at radius 2 is 2.05 bits per heavy atom. The maximum atomic E-state index is 12.7. The summed E-state index contributed by atoms with van der Waals surface area (Å²) in [4.78, 5) is 14.6. The van der Waals surface area contributed by atoms with Gasteiger partial charge in [0, 0.05) is 23.6 Å². The molecule has 0 saturated heterocycles. The molecule has 0 bridgehead atoms. The first-order valence-electron chi connectivity index (χ1n) is 7.67. The minimum Gasteiger partial charge on any atom is -0.294 e. The Hall–Kier alpha value is -1.81. The van der Waals surface area contributed by atoms with E-state index in [1.165, 1.54) is 0 Å². The molecule has 0 aliphatic carbocycles. The number of carbonyl (C=O) groups excluding carboxylic acids is 1. The van der Waals surface area contributed by atoms with E-state index in [1.54, 1.807) is 6.20 Å². The summed E-state index contributed by atoms with van der Waals surface area (Å²) in [6, 6.07) is 10.1.